The molecule has 8 nitrogen and oxygen atoms in total. The molecule has 2 aromatic heterocycles. The van der Waals surface area contributed by atoms with Crippen LogP contribution in [0.25, 0.3) is 11.0 Å². The molecule has 0 unspecified atom stereocenters. The van der Waals surface area contributed by atoms with Crippen molar-refractivity contribution in [1.82, 2.24) is 15.0 Å². The molecular formula is C21H22F2N6O2. The Balaban J connectivity index is 1.19. The maximum absolute atomic E-state index is 13.2. The molecule has 0 radical (unpaired) electrons. The summed E-state index contributed by atoms with van der Waals surface area (Å²) in [5, 5.41) is 8.33. The van der Waals surface area contributed by atoms with Crippen LogP contribution in [0, 0.1) is 11.8 Å². The smallest absolute Gasteiger partial charge is 0.395 e. The number of hydrazone groups is 1. The molecule has 162 valence electrons. The molecule has 0 spiro atoms. The summed E-state index contributed by atoms with van der Waals surface area (Å²) in [7, 11) is 0. The first-order valence-corrected chi connectivity index (χ1v) is 10.2. The number of ether oxygens (including phenoxy) is 2. The van der Waals surface area contributed by atoms with Crippen LogP contribution in [0.15, 0.2) is 41.9 Å². The molecule has 4 N–H and O–H groups in total. The van der Waals surface area contributed by atoms with Gasteiger partial charge in [0, 0.05) is 35.8 Å². The molecule has 1 aromatic carbocycles. The minimum absolute atomic E-state index is 0.0448. The number of nitrogens with two attached hydrogens (primary N) is 1. The highest BCUT2D eigenvalue weighted by Crippen LogP contribution is 2.42. The number of nitrogens with one attached hydrogen (secondary N) is 2. The van der Waals surface area contributed by atoms with E-state index in [1.165, 1.54) is 18.5 Å². The van der Waals surface area contributed by atoms with Crippen LogP contribution in [0.5, 0.6) is 11.5 Å². The first-order chi connectivity index (χ1) is 15.0. The molecular weight excluding hydrogens is 406 g/mol. The molecule has 3 aromatic rings. The summed E-state index contributed by atoms with van der Waals surface area (Å²) < 4.78 is 35.3. The number of aromatic nitrogens is 3. The molecule has 0 saturated heterocycles. The van der Waals surface area contributed by atoms with E-state index in [2.05, 4.69) is 34.8 Å². The second-order valence-corrected chi connectivity index (χ2v) is 7.90. The van der Waals surface area contributed by atoms with Crippen LogP contribution in [0.3, 0.4) is 0 Å². The summed E-state index contributed by atoms with van der Waals surface area (Å²) in [6, 6.07) is 6.68. The number of hydrogen-bond acceptors (Lipinski definition) is 7. The molecule has 0 atom stereocenters. The zero-order chi connectivity index (χ0) is 21.4. The van der Waals surface area contributed by atoms with Gasteiger partial charge in [-0.25, -0.2) is 9.97 Å². The maximum Gasteiger partial charge on any atom is 0.586 e. The van der Waals surface area contributed by atoms with E-state index in [0.29, 0.717) is 5.92 Å². The lowest BCUT2D eigenvalue weighted by Crippen LogP contribution is -2.27. The van der Waals surface area contributed by atoms with Crippen molar-refractivity contribution in [1.29, 1.82) is 0 Å². The number of halogens is 2. The molecule has 1 saturated carbocycles. The van der Waals surface area contributed by atoms with Gasteiger partial charge in [-0.1, -0.05) is 0 Å². The number of H-pyrrole nitrogens is 1. The molecule has 2 aliphatic rings. The van der Waals surface area contributed by atoms with Gasteiger partial charge >= 0.3 is 6.29 Å². The Bertz CT molecular complexity index is 1120. The Labute approximate surface area is 176 Å². The van der Waals surface area contributed by atoms with E-state index in [1.54, 1.807) is 6.07 Å². The summed E-state index contributed by atoms with van der Waals surface area (Å²) in [5.41, 5.74) is 3.09. The van der Waals surface area contributed by atoms with Crippen LogP contribution in [-0.2, 0) is 0 Å². The third-order valence-corrected chi connectivity index (χ3v) is 5.97. The quantitative estimate of drug-likeness (QED) is 0.323. The van der Waals surface area contributed by atoms with E-state index in [4.69, 9.17) is 5.84 Å². The van der Waals surface area contributed by atoms with Gasteiger partial charge < -0.3 is 25.6 Å². The highest BCUT2D eigenvalue weighted by molar-refractivity contribution is 6.09. The van der Waals surface area contributed by atoms with Crippen molar-refractivity contribution in [3.63, 3.8) is 0 Å². The Morgan fingerprint density at radius 1 is 1.16 bits per heavy atom. The number of alkyl halides is 2. The minimum Gasteiger partial charge on any atom is -0.395 e. The highest BCUT2D eigenvalue weighted by Gasteiger charge is 2.43. The fraction of sp³-hybridized carbons (Fsp3) is 0.381. The monoisotopic (exact) mass is 428 g/mol. The van der Waals surface area contributed by atoms with Crippen molar-refractivity contribution >= 4 is 22.4 Å². The zero-order valence-corrected chi connectivity index (χ0v) is 16.6. The minimum atomic E-state index is -3.60. The largest absolute Gasteiger partial charge is 0.586 e. The standard InChI is InChI=1S/C21H22F2N6O2/c22-21(23)30-16-6-5-14(9-17(16)31-21)26-10-12-1-3-13(4-2-12)18(29-24)19-15-7-8-25-20(15)28-11-27-19/h5-9,11-13,26H,1-4,10,24H2,(H,25,27,28). The van der Waals surface area contributed by atoms with Gasteiger partial charge in [0.1, 0.15) is 12.0 Å². The first kappa shape index (κ1) is 19.5. The molecule has 5 rings (SSSR count). The average molecular weight is 428 g/mol. The molecule has 0 bridgehead atoms. The van der Waals surface area contributed by atoms with Crippen molar-refractivity contribution in [2.24, 2.45) is 22.8 Å². The van der Waals surface area contributed by atoms with Crippen LogP contribution >= 0.6 is 0 Å². The summed E-state index contributed by atoms with van der Waals surface area (Å²) in [6.07, 6.45) is 3.66. The van der Waals surface area contributed by atoms with Crippen LogP contribution < -0.4 is 20.6 Å². The van der Waals surface area contributed by atoms with Gasteiger partial charge in [-0.05, 0) is 49.8 Å². The fourth-order valence-electron chi connectivity index (χ4n) is 4.40. The van der Waals surface area contributed by atoms with Crippen molar-refractivity contribution < 1.29 is 18.3 Å². The van der Waals surface area contributed by atoms with E-state index in [0.717, 1.165) is 60.4 Å². The molecule has 0 amide bonds. The number of anilines is 1. The van der Waals surface area contributed by atoms with Gasteiger partial charge in [-0.3, -0.25) is 0 Å². The van der Waals surface area contributed by atoms with Gasteiger partial charge in [0.2, 0.25) is 0 Å². The van der Waals surface area contributed by atoms with Crippen molar-refractivity contribution in [3.05, 3.63) is 42.5 Å². The van der Waals surface area contributed by atoms with E-state index in [1.807, 2.05) is 12.3 Å². The number of fused-ring (bicyclic) bond motifs is 2. The molecule has 3 heterocycles. The summed E-state index contributed by atoms with van der Waals surface area (Å²) in [5.74, 6) is 6.55. The van der Waals surface area contributed by atoms with Crippen molar-refractivity contribution in [2.75, 3.05) is 11.9 Å². The van der Waals surface area contributed by atoms with Gasteiger partial charge in [-0.2, -0.15) is 5.10 Å². The zero-order valence-electron chi connectivity index (χ0n) is 16.6. The first-order valence-electron chi connectivity index (χ1n) is 10.2. The fourth-order valence-corrected chi connectivity index (χ4v) is 4.40. The van der Waals surface area contributed by atoms with Crippen LogP contribution in [0.4, 0.5) is 14.5 Å². The number of aromatic amines is 1. The highest BCUT2D eigenvalue weighted by atomic mass is 19.3. The predicted octanol–water partition coefficient (Wildman–Crippen LogP) is 3.86. The topological polar surface area (TPSA) is 110 Å². The van der Waals surface area contributed by atoms with Crippen LogP contribution in [-0.4, -0.2) is 33.5 Å². The molecule has 31 heavy (non-hydrogen) atoms. The van der Waals surface area contributed by atoms with Gasteiger partial charge in [0.05, 0.1) is 11.4 Å². The third-order valence-electron chi connectivity index (χ3n) is 5.97. The average Bonchev–Trinajstić information content (AvgIpc) is 3.36. The lowest BCUT2D eigenvalue weighted by atomic mass is 9.78. The normalized spacial score (nSPS) is 22.6. The van der Waals surface area contributed by atoms with E-state index in [-0.39, 0.29) is 17.4 Å². The Kier molecular flexibility index (Phi) is 4.84. The summed E-state index contributed by atoms with van der Waals surface area (Å²) >= 11 is 0. The summed E-state index contributed by atoms with van der Waals surface area (Å²) in [4.78, 5) is 11.7. The van der Waals surface area contributed by atoms with E-state index < -0.39 is 6.29 Å². The number of benzene rings is 1. The SMILES string of the molecule is NN=C(c1ncnc2[nH]ccc12)C1CCC(CNc2ccc3c(c2)OC(F)(F)O3)CC1. The van der Waals surface area contributed by atoms with Crippen molar-refractivity contribution in [3.8, 4) is 11.5 Å². The van der Waals surface area contributed by atoms with Crippen LogP contribution in [0.1, 0.15) is 31.4 Å². The van der Waals surface area contributed by atoms with Crippen molar-refractivity contribution in [2.45, 2.75) is 32.0 Å². The second-order valence-electron chi connectivity index (χ2n) is 7.90. The number of hydrogen-bond donors (Lipinski definition) is 3. The lowest BCUT2D eigenvalue weighted by Gasteiger charge is -2.29. The van der Waals surface area contributed by atoms with E-state index >= 15 is 0 Å². The van der Waals surface area contributed by atoms with Gasteiger partial charge in [-0.15, -0.1) is 8.78 Å². The molecule has 1 fully saturated rings. The number of rotatable bonds is 5. The Morgan fingerprint density at radius 2 is 1.97 bits per heavy atom. The Hall–Kier alpha value is -3.43. The van der Waals surface area contributed by atoms with Gasteiger partial charge in [0.25, 0.3) is 0 Å². The van der Waals surface area contributed by atoms with Gasteiger partial charge in [0.15, 0.2) is 11.5 Å². The second kappa shape index (κ2) is 7.68. The lowest BCUT2D eigenvalue weighted by molar-refractivity contribution is -0.286. The molecule has 1 aliphatic carbocycles. The third kappa shape index (κ3) is 3.85. The number of nitrogens with zero attached hydrogens (tertiary/aromatic N) is 3. The Morgan fingerprint density at radius 3 is 2.77 bits per heavy atom. The summed E-state index contributed by atoms with van der Waals surface area (Å²) in [6.45, 7) is 0.743. The predicted molar refractivity (Wildman–Crippen MR) is 111 cm³/mol. The molecule has 10 heteroatoms. The molecule has 1 aliphatic heterocycles. The maximum atomic E-state index is 13.2. The van der Waals surface area contributed by atoms with E-state index in [9.17, 15) is 8.78 Å². The van der Waals surface area contributed by atoms with Crippen LogP contribution in [0.2, 0.25) is 0 Å².